The highest BCUT2D eigenvalue weighted by molar-refractivity contribution is 5.92. The first-order valence-electron chi connectivity index (χ1n) is 12.5. The number of carbonyl (C=O) groups excluding carboxylic acids is 3. The van der Waals surface area contributed by atoms with Crippen molar-refractivity contribution in [3.63, 3.8) is 0 Å². The van der Waals surface area contributed by atoms with Gasteiger partial charge in [0.25, 0.3) is 5.91 Å². The quantitative estimate of drug-likeness (QED) is 0.0923. The molecule has 2 atom stereocenters. The Kier molecular flexibility index (Phi) is 10.9. The summed E-state index contributed by atoms with van der Waals surface area (Å²) in [4.78, 5) is 47.9. The highest BCUT2D eigenvalue weighted by Gasteiger charge is 2.31. The van der Waals surface area contributed by atoms with E-state index in [0.717, 1.165) is 19.3 Å². The lowest BCUT2D eigenvalue weighted by molar-refractivity contribution is -0.168. The summed E-state index contributed by atoms with van der Waals surface area (Å²) in [7, 11) is 0. The van der Waals surface area contributed by atoms with Crippen LogP contribution in [-0.2, 0) is 19.8 Å². The van der Waals surface area contributed by atoms with Gasteiger partial charge in [-0.2, -0.15) is 0 Å². The van der Waals surface area contributed by atoms with E-state index < -0.39 is 29.3 Å². The summed E-state index contributed by atoms with van der Waals surface area (Å²) in [5.41, 5.74) is 0.285. The van der Waals surface area contributed by atoms with Crippen LogP contribution in [0.5, 0.6) is 0 Å². The van der Waals surface area contributed by atoms with Crippen molar-refractivity contribution in [3.05, 3.63) is 47.7 Å². The fourth-order valence-electron chi connectivity index (χ4n) is 4.07. The van der Waals surface area contributed by atoms with Crippen LogP contribution in [0.4, 0.5) is 0 Å². The molecule has 1 aromatic carbocycles. The molecule has 0 aliphatic rings. The van der Waals surface area contributed by atoms with Gasteiger partial charge < -0.3 is 20.2 Å². The number of furan rings is 1. The van der Waals surface area contributed by atoms with Crippen LogP contribution in [0, 0.1) is 5.92 Å². The van der Waals surface area contributed by atoms with Crippen LogP contribution in [0.1, 0.15) is 75.9 Å². The average molecular weight is 516 g/mol. The molecule has 0 bridgehead atoms. The van der Waals surface area contributed by atoms with Gasteiger partial charge in [0.15, 0.2) is 5.76 Å². The molecule has 0 saturated carbocycles. The van der Waals surface area contributed by atoms with Crippen LogP contribution in [-0.4, -0.2) is 52.3 Å². The number of nitrogens with one attached hydrogen (secondary N) is 2. The van der Waals surface area contributed by atoms with Gasteiger partial charge in [0.1, 0.15) is 5.76 Å². The molecule has 0 spiro atoms. The van der Waals surface area contributed by atoms with Crippen LogP contribution in [0.25, 0.3) is 11.3 Å². The average Bonchev–Trinajstić information content (AvgIpc) is 3.38. The molecule has 10 heteroatoms. The standard InChI is InChI=1S/C27H37N3O7/c1-5-7-8-9-20(21(6-2)30(36)17-31)24(32)28-16-29-25(33)23-15-14-22(37-23)18-10-12-19(13-11-18)27(3,4)26(34)35/h10-15,17,20-21,36H,5-9,16H2,1-4H3,(H,28,32)(H,29,33)(H,34,35)/t20?,21-/m1/s1. The van der Waals surface area contributed by atoms with E-state index in [1.807, 2.05) is 6.92 Å². The fraction of sp³-hybridized carbons (Fsp3) is 0.481. The molecule has 10 nitrogen and oxygen atoms in total. The van der Waals surface area contributed by atoms with E-state index in [4.69, 9.17) is 4.42 Å². The van der Waals surface area contributed by atoms with Crippen molar-refractivity contribution in [2.75, 3.05) is 6.67 Å². The first-order valence-corrected chi connectivity index (χ1v) is 12.5. The van der Waals surface area contributed by atoms with Gasteiger partial charge in [-0.15, -0.1) is 0 Å². The minimum Gasteiger partial charge on any atom is -0.481 e. The highest BCUT2D eigenvalue weighted by atomic mass is 16.5. The third kappa shape index (κ3) is 7.66. The van der Waals surface area contributed by atoms with Gasteiger partial charge in [-0.05, 0) is 44.4 Å². The van der Waals surface area contributed by atoms with E-state index in [9.17, 15) is 29.5 Å². The molecule has 0 saturated heterocycles. The van der Waals surface area contributed by atoms with Crippen molar-refractivity contribution in [2.24, 2.45) is 5.92 Å². The SMILES string of the molecule is CCCCCC(C(=O)NCNC(=O)c1ccc(-c2ccc(C(C)(C)C(=O)O)cc2)o1)[C@@H](CC)N(O)C=O. The first-order chi connectivity index (χ1) is 17.6. The van der Waals surface area contributed by atoms with E-state index in [2.05, 4.69) is 10.6 Å². The lowest BCUT2D eigenvalue weighted by atomic mass is 9.84. The second-order valence-electron chi connectivity index (χ2n) is 9.46. The van der Waals surface area contributed by atoms with Crippen molar-refractivity contribution in [2.45, 2.75) is 71.3 Å². The van der Waals surface area contributed by atoms with Gasteiger partial charge in [0, 0.05) is 5.56 Å². The monoisotopic (exact) mass is 515 g/mol. The minimum atomic E-state index is -1.04. The maximum atomic E-state index is 12.8. The lowest BCUT2D eigenvalue weighted by Gasteiger charge is -2.29. The minimum absolute atomic E-state index is 0.0487. The first kappa shape index (κ1) is 29.6. The molecule has 0 fully saturated rings. The Bertz CT molecular complexity index is 1060. The number of carboxylic acid groups (broad SMARTS) is 1. The lowest BCUT2D eigenvalue weighted by Crippen LogP contribution is -2.47. The van der Waals surface area contributed by atoms with Crippen LogP contribution in [0.2, 0.25) is 0 Å². The van der Waals surface area contributed by atoms with Crippen LogP contribution >= 0.6 is 0 Å². The summed E-state index contributed by atoms with van der Waals surface area (Å²) in [6, 6.07) is 9.36. The Morgan fingerprint density at radius 2 is 1.73 bits per heavy atom. The van der Waals surface area contributed by atoms with Gasteiger partial charge in [0.05, 0.1) is 24.0 Å². The second-order valence-corrected chi connectivity index (χ2v) is 9.46. The zero-order chi connectivity index (χ0) is 27.6. The number of rotatable bonds is 15. The van der Waals surface area contributed by atoms with Crippen LogP contribution in [0.15, 0.2) is 40.8 Å². The molecular weight excluding hydrogens is 478 g/mol. The van der Waals surface area contributed by atoms with Gasteiger partial charge in [-0.3, -0.25) is 24.4 Å². The fourth-order valence-corrected chi connectivity index (χ4v) is 4.07. The van der Waals surface area contributed by atoms with Crippen molar-refractivity contribution in [3.8, 4) is 11.3 Å². The Morgan fingerprint density at radius 3 is 2.30 bits per heavy atom. The largest absolute Gasteiger partial charge is 0.481 e. The van der Waals surface area contributed by atoms with Crippen molar-refractivity contribution in [1.29, 1.82) is 0 Å². The van der Waals surface area contributed by atoms with Crippen LogP contribution in [0.3, 0.4) is 0 Å². The Hall–Kier alpha value is -3.66. The zero-order valence-corrected chi connectivity index (χ0v) is 21.8. The van der Waals surface area contributed by atoms with Gasteiger partial charge in [-0.1, -0.05) is 57.4 Å². The van der Waals surface area contributed by atoms with Crippen molar-refractivity contribution < 1.29 is 33.9 Å². The van der Waals surface area contributed by atoms with Crippen LogP contribution < -0.4 is 10.6 Å². The van der Waals surface area contributed by atoms with Gasteiger partial charge in [-0.25, -0.2) is 5.06 Å². The van der Waals surface area contributed by atoms with E-state index in [1.54, 1.807) is 51.1 Å². The van der Waals surface area contributed by atoms with Gasteiger partial charge >= 0.3 is 5.97 Å². The Labute approximate surface area is 217 Å². The van der Waals surface area contributed by atoms with Crippen molar-refractivity contribution >= 4 is 24.2 Å². The number of hydrogen-bond donors (Lipinski definition) is 4. The maximum Gasteiger partial charge on any atom is 0.313 e. The number of amides is 3. The number of unbranched alkanes of at least 4 members (excludes halogenated alkanes) is 2. The zero-order valence-electron chi connectivity index (χ0n) is 21.8. The predicted octanol–water partition coefficient (Wildman–Crippen LogP) is 3.94. The molecule has 202 valence electrons. The molecule has 37 heavy (non-hydrogen) atoms. The number of carboxylic acids is 1. The number of benzene rings is 1. The highest BCUT2D eigenvalue weighted by Crippen LogP contribution is 2.28. The normalized spacial score (nSPS) is 12.9. The molecule has 1 unspecified atom stereocenters. The van der Waals surface area contributed by atoms with E-state index in [0.29, 0.717) is 41.2 Å². The number of nitrogens with zero attached hydrogens (tertiary/aromatic N) is 1. The molecule has 2 aromatic rings. The van der Waals surface area contributed by atoms with E-state index >= 15 is 0 Å². The summed E-state index contributed by atoms with van der Waals surface area (Å²) in [6.45, 7) is 6.92. The third-order valence-electron chi connectivity index (χ3n) is 6.55. The molecule has 1 aromatic heterocycles. The molecule has 0 aliphatic heterocycles. The van der Waals surface area contributed by atoms with E-state index in [-0.39, 0.29) is 18.3 Å². The predicted molar refractivity (Wildman–Crippen MR) is 137 cm³/mol. The molecule has 2 rings (SSSR count). The molecule has 4 N–H and O–H groups in total. The number of carbonyl (C=O) groups is 4. The third-order valence-corrected chi connectivity index (χ3v) is 6.55. The van der Waals surface area contributed by atoms with Crippen molar-refractivity contribution in [1.82, 2.24) is 15.7 Å². The molecule has 3 amide bonds. The number of hydrogen-bond acceptors (Lipinski definition) is 6. The maximum absolute atomic E-state index is 12.8. The second kappa shape index (κ2) is 13.6. The summed E-state index contributed by atoms with van der Waals surface area (Å²) < 4.78 is 5.66. The molecule has 0 radical (unpaired) electrons. The van der Waals surface area contributed by atoms with Gasteiger partial charge in [0.2, 0.25) is 12.3 Å². The van der Waals surface area contributed by atoms with E-state index in [1.165, 1.54) is 6.07 Å². The summed E-state index contributed by atoms with van der Waals surface area (Å²) >= 11 is 0. The smallest absolute Gasteiger partial charge is 0.313 e. The number of hydroxylamine groups is 2. The molecular formula is C27H37N3O7. The topological polar surface area (TPSA) is 149 Å². The summed E-state index contributed by atoms with van der Waals surface area (Å²) in [6.07, 6.45) is 3.85. The Morgan fingerprint density at radius 1 is 1.05 bits per heavy atom. The number of aliphatic carboxylic acids is 1. The summed E-state index contributed by atoms with van der Waals surface area (Å²) in [5.74, 6) is -1.96. The molecule has 1 heterocycles. The molecule has 0 aliphatic carbocycles. The summed E-state index contributed by atoms with van der Waals surface area (Å²) in [5, 5.41) is 25.1. The Balaban J connectivity index is 1.99.